The van der Waals surface area contributed by atoms with Crippen molar-refractivity contribution in [3.8, 4) is 17.2 Å². The molecule has 0 bridgehead atoms. The molecule has 2 heterocycles. The van der Waals surface area contributed by atoms with Gasteiger partial charge in [-0.05, 0) is 72.0 Å². The smallest absolute Gasteiger partial charge is 0.103 e. The van der Waals surface area contributed by atoms with E-state index in [1.165, 1.54) is 5.56 Å². The molecule has 0 saturated carbocycles. The molecule has 5 aromatic rings. The highest BCUT2D eigenvalue weighted by molar-refractivity contribution is 7.99. The summed E-state index contributed by atoms with van der Waals surface area (Å²) in [5.41, 5.74) is 6.24. The first-order chi connectivity index (χ1) is 20.1. The van der Waals surface area contributed by atoms with E-state index in [2.05, 4.69) is 69.8 Å². The Morgan fingerprint density at radius 2 is 1.76 bits per heavy atom. The highest BCUT2D eigenvalue weighted by Crippen LogP contribution is 2.37. The summed E-state index contributed by atoms with van der Waals surface area (Å²) < 4.78 is 0. The number of benzene rings is 4. The van der Waals surface area contributed by atoms with Crippen molar-refractivity contribution in [2.24, 2.45) is 0 Å². The van der Waals surface area contributed by atoms with Crippen molar-refractivity contribution in [2.75, 3.05) is 18.4 Å². The van der Waals surface area contributed by atoms with Gasteiger partial charge in [-0.25, -0.2) is 0 Å². The molecular weight excluding hydrogens is 548 g/mol. The highest BCUT2D eigenvalue weighted by Gasteiger charge is 2.17. The van der Waals surface area contributed by atoms with Crippen molar-refractivity contribution >= 4 is 45.6 Å². The predicted molar refractivity (Wildman–Crippen MR) is 168 cm³/mol. The number of aliphatic hydroxyl groups is 1. The zero-order chi connectivity index (χ0) is 28.2. The molecule has 1 aliphatic rings. The molecule has 0 amide bonds. The lowest BCUT2D eigenvalue weighted by atomic mass is 9.99. The van der Waals surface area contributed by atoms with Crippen molar-refractivity contribution in [3.05, 3.63) is 113 Å². The van der Waals surface area contributed by atoms with Gasteiger partial charge in [0.1, 0.15) is 6.07 Å². The van der Waals surface area contributed by atoms with Gasteiger partial charge in [0.2, 0.25) is 0 Å². The minimum absolute atomic E-state index is 0.168. The average molecular weight is 577 g/mol. The van der Waals surface area contributed by atoms with E-state index in [0.29, 0.717) is 16.3 Å². The Bertz CT molecular complexity index is 1730. The summed E-state index contributed by atoms with van der Waals surface area (Å²) in [6.07, 6.45) is 3.12. The average Bonchev–Trinajstić information content (AvgIpc) is 3.00. The van der Waals surface area contributed by atoms with Gasteiger partial charge < -0.3 is 10.4 Å². The maximum atomic E-state index is 9.85. The fourth-order valence-corrected chi connectivity index (χ4v) is 6.33. The van der Waals surface area contributed by atoms with Gasteiger partial charge >= 0.3 is 0 Å². The van der Waals surface area contributed by atoms with E-state index >= 15 is 0 Å². The molecule has 0 spiro atoms. The van der Waals surface area contributed by atoms with Crippen molar-refractivity contribution in [3.63, 3.8) is 0 Å². The minimum atomic E-state index is -0.168. The van der Waals surface area contributed by atoms with E-state index in [1.807, 2.05) is 42.5 Å². The van der Waals surface area contributed by atoms with Gasteiger partial charge in [-0.3, -0.25) is 9.88 Å². The molecule has 204 valence electrons. The summed E-state index contributed by atoms with van der Waals surface area (Å²) in [6, 6.07) is 33.0. The number of hydrogen-bond acceptors (Lipinski definition) is 6. The third-order valence-corrected chi connectivity index (χ3v) is 8.89. The number of likely N-dealkylation sites (tertiary alicyclic amines) is 1. The zero-order valence-corrected chi connectivity index (χ0v) is 24.0. The summed E-state index contributed by atoms with van der Waals surface area (Å²) in [4.78, 5) is 9.10. The summed E-state index contributed by atoms with van der Waals surface area (Å²) >= 11 is 8.27. The lowest BCUT2D eigenvalue weighted by molar-refractivity contribution is 0.0792. The van der Waals surface area contributed by atoms with Crippen molar-refractivity contribution < 1.29 is 5.11 Å². The van der Waals surface area contributed by atoms with E-state index in [1.54, 1.807) is 18.0 Å². The van der Waals surface area contributed by atoms with Gasteiger partial charge in [0.15, 0.2) is 0 Å². The first-order valence-corrected chi connectivity index (χ1v) is 14.9. The normalized spacial score (nSPS) is 14.2. The molecule has 1 fully saturated rings. The molecule has 41 heavy (non-hydrogen) atoms. The molecule has 5 nitrogen and oxygen atoms in total. The van der Waals surface area contributed by atoms with Crippen LogP contribution in [0.5, 0.6) is 0 Å². The molecule has 0 aliphatic carbocycles. The van der Waals surface area contributed by atoms with E-state index in [4.69, 9.17) is 11.6 Å². The van der Waals surface area contributed by atoms with Gasteiger partial charge in [-0.15, -0.1) is 0 Å². The number of fused-ring (bicyclic) bond motifs is 1. The number of pyridine rings is 1. The minimum Gasteiger partial charge on any atom is -0.393 e. The van der Waals surface area contributed by atoms with Gasteiger partial charge in [0.25, 0.3) is 0 Å². The van der Waals surface area contributed by atoms with Crippen molar-refractivity contribution in [2.45, 2.75) is 35.3 Å². The van der Waals surface area contributed by atoms with Crippen LogP contribution in [0.1, 0.15) is 24.0 Å². The van der Waals surface area contributed by atoms with Gasteiger partial charge in [-0.2, -0.15) is 5.26 Å². The summed E-state index contributed by atoms with van der Waals surface area (Å²) in [5.74, 6) is 0. The first kappa shape index (κ1) is 27.3. The second-order valence-electron chi connectivity index (χ2n) is 10.3. The van der Waals surface area contributed by atoms with Crippen LogP contribution in [0.25, 0.3) is 22.0 Å². The molecule has 1 saturated heterocycles. The monoisotopic (exact) mass is 576 g/mol. The molecule has 0 unspecified atom stereocenters. The van der Waals surface area contributed by atoms with Gasteiger partial charge in [0, 0.05) is 46.7 Å². The summed E-state index contributed by atoms with van der Waals surface area (Å²) in [5, 5.41) is 24.6. The maximum Gasteiger partial charge on any atom is 0.103 e. The number of aliphatic hydroxyl groups excluding tert-OH is 1. The lowest BCUT2D eigenvalue weighted by Gasteiger charge is -2.29. The molecule has 0 atom stereocenters. The fourth-order valence-electron chi connectivity index (χ4n) is 5.20. The predicted octanol–water partition coefficient (Wildman–Crippen LogP) is 8.28. The zero-order valence-electron chi connectivity index (χ0n) is 22.4. The summed E-state index contributed by atoms with van der Waals surface area (Å²) in [7, 11) is 0. The standard InChI is InChI=1S/C34H29ClN4OS/c35-31-19-27(10-12-33(31)41-29-7-2-1-3-8-29)38-34-26(20-36)21-37-32-18-25(9-11-30(32)34)24-6-4-5-23(17-24)22-39-15-13-28(40)14-16-39/h1-12,17-19,21,28,40H,13-16,22H2,(H,37,38). The Hall–Kier alpha value is -3.86. The molecule has 0 radical (unpaired) electrons. The molecule has 1 aliphatic heterocycles. The molecule has 4 aromatic carbocycles. The molecule has 7 heteroatoms. The molecule has 6 rings (SSSR count). The number of hydrogen-bond donors (Lipinski definition) is 2. The van der Waals surface area contributed by atoms with Crippen LogP contribution in [-0.2, 0) is 6.54 Å². The van der Waals surface area contributed by atoms with Crippen LogP contribution in [0.15, 0.2) is 107 Å². The van der Waals surface area contributed by atoms with Crippen LogP contribution in [0.4, 0.5) is 11.4 Å². The fraction of sp³-hybridized carbons (Fsp3) is 0.176. The number of nitrogens with zero attached hydrogens (tertiary/aromatic N) is 3. The second kappa shape index (κ2) is 12.3. The molecule has 1 aromatic heterocycles. The lowest BCUT2D eigenvalue weighted by Crippen LogP contribution is -2.35. The Morgan fingerprint density at radius 3 is 2.54 bits per heavy atom. The largest absolute Gasteiger partial charge is 0.393 e. The van der Waals surface area contributed by atoms with Gasteiger partial charge in [0.05, 0.1) is 27.9 Å². The van der Waals surface area contributed by atoms with Crippen molar-refractivity contribution in [1.29, 1.82) is 5.26 Å². The van der Waals surface area contributed by atoms with E-state index in [9.17, 15) is 10.4 Å². The van der Waals surface area contributed by atoms with Crippen molar-refractivity contribution in [1.82, 2.24) is 9.88 Å². The maximum absolute atomic E-state index is 9.85. The number of anilines is 2. The van der Waals surface area contributed by atoms with Crippen LogP contribution in [0, 0.1) is 11.3 Å². The van der Waals surface area contributed by atoms with E-state index in [-0.39, 0.29) is 6.10 Å². The number of nitriles is 1. The number of rotatable bonds is 7. The second-order valence-corrected chi connectivity index (χ2v) is 11.8. The van der Waals surface area contributed by atoms with Crippen LogP contribution < -0.4 is 5.32 Å². The quantitative estimate of drug-likeness (QED) is 0.203. The Morgan fingerprint density at radius 1 is 0.951 bits per heavy atom. The Balaban J connectivity index is 1.25. The van der Waals surface area contributed by atoms with Crippen LogP contribution >= 0.6 is 23.4 Å². The highest BCUT2D eigenvalue weighted by atomic mass is 35.5. The third kappa shape index (κ3) is 6.40. The Labute approximate surface area is 249 Å². The SMILES string of the molecule is N#Cc1cnc2cc(-c3cccc(CN4CCC(O)CC4)c3)ccc2c1Nc1ccc(Sc2ccccc2)c(Cl)c1. The molecular formula is C34H29ClN4OS. The first-order valence-electron chi connectivity index (χ1n) is 13.7. The number of nitrogens with one attached hydrogen (secondary N) is 1. The van der Waals surface area contributed by atoms with Gasteiger partial charge in [-0.1, -0.05) is 71.9 Å². The summed E-state index contributed by atoms with van der Waals surface area (Å²) in [6.45, 7) is 2.71. The van der Waals surface area contributed by atoms with E-state index in [0.717, 1.165) is 70.0 Å². The Kier molecular flexibility index (Phi) is 8.22. The topological polar surface area (TPSA) is 72.2 Å². The van der Waals surface area contributed by atoms with Crippen LogP contribution in [-0.4, -0.2) is 34.2 Å². The van der Waals surface area contributed by atoms with Crippen LogP contribution in [0.2, 0.25) is 5.02 Å². The number of halogens is 1. The van der Waals surface area contributed by atoms with Crippen LogP contribution in [0.3, 0.4) is 0 Å². The van der Waals surface area contributed by atoms with E-state index < -0.39 is 0 Å². The molecule has 2 N–H and O–H groups in total. The number of piperidine rings is 1. The third-order valence-electron chi connectivity index (χ3n) is 7.39. The number of aromatic nitrogens is 1.